The lowest BCUT2D eigenvalue weighted by Gasteiger charge is -2.27. The molecule has 1 aliphatic rings. The zero-order valence-corrected chi connectivity index (χ0v) is 19.6. The van der Waals surface area contributed by atoms with Crippen molar-refractivity contribution in [1.82, 2.24) is 10.3 Å². The number of amides is 1. The van der Waals surface area contributed by atoms with Crippen molar-refractivity contribution in [3.63, 3.8) is 0 Å². The molecule has 9 heteroatoms. The molecule has 1 heterocycles. The first-order valence-electron chi connectivity index (χ1n) is 10.7. The van der Waals surface area contributed by atoms with Gasteiger partial charge in [-0.25, -0.2) is 4.79 Å². The van der Waals surface area contributed by atoms with Crippen molar-refractivity contribution in [3.8, 4) is 5.75 Å². The van der Waals surface area contributed by atoms with Crippen LogP contribution in [0.1, 0.15) is 36.3 Å². The molecule has 0 bridgehead atoms. The van der Waals surface area contributed by atoms with Crippen LogP contribution in [-0.2, 0) is 9.53 Å². The number of hydrogen-bond acceptors (Lipinski definition) is 7. The summed E-state index contributed by atoms with van der Waals surface area (Å²) in [5.41, 5.74) is 7.40. The zero-order chi connectivity index (χ0) is 25.0. The third-order valence-corrected chi connectivity index (χ3v) is 5.38. The first-order valence-corrected chi connectivity index (χ1v) is 10.7. The van der Waals surface area contributed by atoms with Gasteiger partial charge in [0.05, 0.1) is 41.5 Å². The number of anilines is 1. The van der Waals surface area contributed by atoms with E-state index in [-0.39, 0.29) is 30.4 Å². The van der Waals surface area contributed by atoms with E-state index in [0.29, 0.717) is 40.1 Å². The van der Waals surface area contributed by atoms with Crippen LogP contribution in [0, 0.1) is 6.92 Å². The van der Waals surface area contributed by atoms with Gasteiger partial charge in [0, 0.05) is 5.57 Å². The summed E-state index contributed by atoms with van der Waals surface area (Å²) in [6, 6.07) is 5.16. The number of carbonyl (C=O) groups is 2. The Bertz CT molecular complexity index is 1230. The number of allylic oxidation sites excluding steroid dienone is 2. The summed E-state index contributed by atoms with van der Waals surface area (Å²) < 4.78 is 11.3. The van der Waals surface area contributed by atoms with Gasteiger partial charge >= 0.3 is 5.97 Å². The van der Waals surface area contributed by atoms with Crippen LogP contribution in [0.4, 0.5) is 5.69 Å². The smallest absolute Gasteiger partial charge is 0.339 e. The van der Waals surface area contributed by atoms with E-state index in [9.17, 15) is 19.8 Å². The van der Waals surface area contributed by atoms with E-state index in [1.807, 2.05) is 0 Å². The number of nitrogens with one attached hydrogen (secondary N) is 1. The summed E-state index contributed by atoms with van der Waals surface area (Å²) >= 11 is 0. The number of carboxylic acids is 1. The lowest BCUT2D eigenvalue weighted by molar-refractivity contribution is -0.119. The number of aryl methyl sites for hydroxylation is 1. The Labute approximate surface area is 197 Å². The van der Waals surface area contributed by atoms with Crippen LogP contribution < -0.4 is 15.8 Å². The molecule has 0 spiro atoms. The molecule has 0 radical (unpaired) electrons. The highest BCUT2D eigenvalue weighted by Crippen LogP contribution is 2.33. The van der Waals surface area contributed by atoms with Gasteiger partial charge in [0.25, 0.3) is 5.91 Å². The SMILES string of the molecule is COC1=CC(C(=O)NC(C)(C)COc2cccc3nc(C)c(C(=O)O)c(N)c23)=CCC(CO)=C1. The number of rotatable bonds is 8. The number of fused-ring (bicyclic) bond motifs is 1. The van der Waals surface area contributed by atoms with Crippen molar-refractivity contribution in [2.75, 3.05) is 26.1 Å². The molecule has 0 atom stereocenters. The quantitative estimate of drug-likeness (QED) is 0.464. The second-order valence-corrected chi connectivity index (χ2v) is 8.64. The number of aromatic nitrogens is 1. The highest BCUT2D eigenvalue weighted by atomic mass is 16.5. The maximum absolute atomic E-state index is 12.9. The Morgan fingerprint density at radius 2 is 2.00 bits per heavy atom. The Hall–Kier alpha value is -3.85. The lowest BCUT2D eigenvalue weighted by atomic mass is 10.0. The van der Waals surface area contributed by atoms with Crippen LogP contribution in [0.25, 0.3) is 10.9 Å². The fraction of sp³-hybridized carbons (Fsp3) is 0.320. The van der Waals surface area contributed by atoms with E-state index in [1.54, 1.807) is 57.2 Å². The monoisotopic (exact) mass is 467 g/mol. The standard InChI is InChI=1S/C25H29N3O6/c1-14-20(24(31)32)22(26)21-18(27-14)6-5-7-19(21)34-13-25(2,3)28-23(30)16-9-8-15(12-29)10-17(11-16)33-4/h5-7,9-11,29H,8,12-13H2,1-4H3,(H2,26,27)(H,28,30)(H,31,32). The van der Waals surface area contributed by atoms with Crippen LogP contribution in [0.3, 0.4) is 0 Å². The van der Waals surface area contributed by atoms with E-state index in [1.165, 1.54) is 7.11 Å². The van der Waals surface area contributed by atoms with Gasteiger partial charge in [0.1, 0.15) is 23.7 Å². The topological polar surface area (TPSA) is 144 Å². The molecule has 34 heavy (non-hydrogen) atoms. The third-order valence-electron chi connectivity index (χ3n) is 5.38. The summed E-state index contributed by atoms with van der Waals surface area (Å²) in [4.78, 5) is 28.9. The lowest BCUT2D eigenvalue weighted by Crippen LogP contribution is -2.48. The van der Waals surface area contributed by atoms with Crippen molar-refractivity contribution in [2.24, 2.45) is 0 Å². The molecular weight excluding hydrogens is 438 g/mol. The summed E-state index contributed by atoms with van der Waals surface area (Å²) in [7, 11) is 1.50. The summed E-state index contributed by atoms with van der Waals surface area (Å²) in [5, 5.41) is 22.3. The molecule has 0 saturated carbocycles. The van der Waals surface area contributed by atoms with E-state index < -0.39 is 11.5 Å². The van der Waals surface area contributed by atoms with Crippen LogP contribution in [0.2, 0.25) is 0 Å². The number of benzene rings is 1. The van der Waals surface area contributed by atoms with Crippen LogP contribution in [0.5, 0.6) is 5.75 Å². The van der Waals surface area contributed by atoms with E-state index in [4.69, 9.17) is 15.2 Å². The summed E-state index contributed by atoms with van der Waals surface area (Å²) in [6.45, 7) is 5.16. The fourth-order valence-corrected chi connectivity index (χ4v) is 3.65. The normalized spacial score (nSPS) is 14.0. The van der Waals surface area contributed by atoms with E-state index in [2.05, 4.69) is 10.3 Å². The summed E-state index contributed by atoms with van der Waals surface area (Å²) in [5.74, 6) is -0.635. The number of hydrogen-bond donors (Lipinski definition) is 4. The van der Waals surface area contributed by atoms with Crippen LogP contribution in [-0.4, -0.2) is 52.9 Å². The van der Waals surface area contributed by atoms with E-state index >= 15 is 0 Å². The molecule has 9 nitrogen and oxygen atoms in total. The van der Waals surface area contributed by atoms with Crippen molar-refractivity contribution in [3.05, 3.63) is 64.6 Å². The number of nitrogens with zero attached hydrogens (tertiary/aromatic N) is 1. The number of nitrogen functional groups attached to an aromatic ring is 1. The molecule has 5 N–H and O–H groups in total. The Morgan fingerprint density at radius 3 is 2.65 bits per heavy atom. The van der Waals surface area contributed by atoms with Crippen LogP contribution in [0.15, 0.2) is 53.3 Å². The number of carbonyl (C=O) groups excluding carboxylic acids is 1. The predicted molar refractivity (Wildman–Crippen MR) is 129 cm³/mol. The first-order chi connectivity index (χ1) is 16.1. The fourth-order valence-electron chi connectivity index (χ4n) is 3.65. The van der Waals surface area contributed by atoms with Crippen molar-refractivity contribution in [1.29, 1.82) is 0 Å². The minimum absolute atomic E-state index is 0.0620. The predicted octanol–water partition coefficient (Wildman–Crippen LogP) is 2.88. The van der Waals surface area contributed by atoms with Crippen LogP contribution >= 0.6 is 0 Å². The number of carboxylic acid groups (broad SMARTS) is 1. The number of nitrogens with two attached hydrogens (primary N) is 1. The molecule has 2 aromatic rings. The first kappa shape index (κ1) is 24.8. The van der Waals surface area contributed by atoms with Crippen molar-refractivity contribution < 1.29 is 29.3 Å². The number of aliphatic hydroxyl groups excluding tert-OH is 1. The molecule has 1 amide bonds. The van der Waals surface area contributed by atoms with Crippen molar-refractivity contribution >= 4 is 28.5 Å². The van der Waals surface area contributed by atoms with Gasteiger partial charge in [-0.2, -0.15) is 0 Å². The summed E-state index contributed by atoms with van der Waals surface area (Å²) in [6.07, 6.45) is 5.47. The van der Waals surface area contributed by atoms with Gasteiger partial charge in [0.15, 0.2) is 0 Å². The Morgan fingerprint density at radius 1 is 1.26 bits per heavy atom. The number of pyridine rings is 1. The van der Waals surface area contributed by atoms with E-state index in [0.717, 1.165) is 5.57 Å². The largest absolute Gasteiger partial charge is 0.497 e. The van der Waals surface area contributed by atoms with Crippen molar-refractivity contribution in [2.45, 2.75) is 32.7 Å². The van der Waals surface area contributed by atoms with Gasteiger partial charge < -0.3 is 30.7 Å². The Balaban J connectivity index is 1.80. The minimum atomic E-state index is -1.16. The number of methoxy groups -OCH3 is 1. The minimum Gasteiger partial charge on any atom is -0.497 e. The van der Waals surface area contributed by atoms with Gasteiger partial charge in [-0.3, -0.25) is 9.78 Å². The highest BCUT2D eigenvalue weighted by Gasteiger charge is 2.25. The second-order valence-electron chi connectivity index (χ2n) is 8.64. The molecule has 1 aromatic heterocycles. The number of aromatic carboxylic acids is 1. The number of ether oxygens (including phenoxy) is 2. The molecular formula is C25H29N3O6. The van der Waals surface area contributed by atoms with Gasteiger partial charge in [-0.15, -0.1) is 0 Å². The molecule has 1 aromatic carbocycles. The third kappa shape index (κ3) is 5.37. The van der Waals surface area contributed by atoms with Gasteiger partial charge in [-0.1, -0.05) is 12.1 Å². The molecule has 0 unspecified atom stereocenters. The maximum Gasteiger partial charge on any atom is 0.339 e. The molecule has 3 rings (SSSR count). The zero-order valence-electron chi connectivity index (χ0n) is 19.6. The second kappa shape index (κ2) is 9.96. The molecule has 180 valence electrons. The average molecular weight is 468 g/mol. The molecule has 1 aliphatic carbocycles. The highest BCUT2D eigenvalue weighted by molar-refractivity contribution is 6.06. The molecule has 0 fully saturated rings. The molecule has 0 saturated heterocycles. The number of aliphatic hydroxyl groups is 1. The average Bonchev–Trinajstić information content (AvgIpc) is 2.99. The maximum atomic E-state index is 12.9. The Kier molecular flexibility index (Phi) is 7.26. The van der Waals surface area contributed by atoms with Gasteiger partial charge in [0.2, 0.25) is 0 Å². The van der Waals surface area contributed by atoms with Gasteiger partial charge in [-0.05, 0) is 57.0 Å². The molecule has 0 aliphatic heterocycles.